The van der Waals surface area contributed by atoms with Gasteiger partial charge in [-0.2, -0.15) is 0 Å². The predicted octanol–water partition coefficient (Wildman–Crippen LogP) is 6.08. The van der Waals surface area contributed by atoms with E-state index >= 15 is 0 Å². The van der Waals surface area contributed by atoms with Crippen LogP contribution in [0.15, 0.2) is 53.4 Å². The molecular formula is C24H24N2O2S. The molecule has 0 radical (unpaired) electrons. The number of carbonyl (C=O) groups excluding carboxylic acids is 2. The van der Waals surface area contributed by atoms with E-state index in [-0.39, 0.29) is 17.2 Å². The summed E-state index contributed by atoms with van der Waals surface area (Å²) in [6, 6.07) is 16.7. The summed E-state index contributed by atoms with van der Waals surface area (Å²) in [7, 11) is 0. The van der Waals surface area contributed by atoms with Crippen LogP contribution in [0.25, 0.3) is 22.5 Å². The van der Waals surface area contributed by atoms with Crippen LogP contribution in [-0.4, -0.2) is 26.7 Å². The third-order valence-corrected chi connectivity index (χ3v) is 6.49. The highest BCUT2D eigenvalue weighted by Crippen LogP contribution is 2.35. The molecular weight excluding hydrogens is 380 g/mol. The lowest BCUT2D eigenvalue weighted by Crippen LogP contribution is -2.36. The van der Waals surface area contributed by atoms with Crippen molar-refractivity contribution in [2.45, 2.75) is 40.2 Å². The van der Waals surface area contributed by atoms with E-state index in [0.717, 1.165) is 40.8 Å². The highest BCUT2D eigenvalue weighted by Gasteiger charge is 2.37. The number of amides is 2. The zero-order valence-corrected chi connectivity index (χ0v) is 17.9. The smallest absolute Gasteiger partial charge is 0.293 e. The molecule has 0 N–H and O–H groups in total. The van der Waals surface area contributed by atoms with Crippen LogP contribution in [-0.2, 0) is 4.79 Å². The normalized spacial score (nSPS) is 17.0. The Balaban J connectivity index is 1.73. The van der Waals surface area contributed by atoms with Crippen LogP contribution in [0.1, 0.15) is 37.2 Å². The van der Waals surface area contributed by atoms with E-state index in [0.29, 0.717) is 4.91 Å². The SMILES string of the molecule is CC[C@H](C)N1C(=O)S/C(=C/c2cc(C)n(-c3ccc4ccccc4c3)c2C)C1=O. The molecule has 0 aliphatic carbocycles. The van der Waals surface area contributed by atoms with Crippen LogP contribution < -0.4 is 0 Å². The van der Waals surface area contributed by atoms with Crippen molar-refractivity contribution in [1.29, 1.82) is 0 Å². The Bertz CT molecular complexity index is 1160. The van der Waals surface area contributed by atoms with E-state index in [1.54, 1.807) is 0 Å². The number of aryl methyl sites for hydroxylation is 1. The van der Waals surface area contributed by atoms with Gasteiger partial charge in [0.15, 0.2) is 0 Å². The van der Waals surface area contributed by atoms with Crippen molar-refractivity contribution < 1.29 is 9.59 Å². The second kappa shape index (κ2) is 7.56. The molecule has 2 amide bonds. The maximum atomic E-state index is 12.7. The molecule has 148 valence electrons. The first kappa shape index (κ1) is 19.5. The van der Waals surface area contributed by atoms with Gasteiger partial charge in [-0.15, -0.1) is 0 Å². The van der Waals surface area contributed by atoms with Gasteiger partial charge in [-0.3, -0.25) is 14.5 Å². The first-order valence-corrected chi connectivity index (χ1v) is 10.7. The van der Waals surface area contributed by atoms with Crippen molar-refractivity contribution in [2.24, 2.45) is 0 Å². The molecule has 1 fully saturated rings. The lowest BCUT2D eigenvalue weighted by molar-refractivity contribution is -0.124. The Morgan fingerprint density at radius 3 is 2.48 bits per heavy atom. The van der Waals surface area contributed by atoms with Crippen molar-refractivity contribution >= 4 is 39.8 Å². The summed E-state index contributed by atoms with van der Waals surface area (Å²) in [6.45, 7) is 8.00. The molecule has 29 heavy (non-hydrogen) atoms. The molecule has 4 nitrogen and oxygen atoms in total. The maximum absolute atomic E-state index is 12.7. The zero-order valence-electron chi connectivity index (χ0n) is 17.1. The summed E-state index contributed by atoms with van der Waals surface area (Å²) in [5, 5.41) is 2.21. The first-order valence-electron chi connectivity index (χ1n) is 9.86. The standard InChI is InChI=1S/C24H24N2O2S/c1-5-15(2)26-23(27)22(29-24(26)28)14-20-12-16(3)25(17(20)4)21-11-10-18-8-6-7-9-19(18)13-21/h6-15H,5H2,1-4H3/b22-14+/t15-/m0/s1. The average molecular weight is 405 g/mol. The van der Waals surface area contributed by atoms with E-state index in [9.17, 15) is 9.59 Å². The van der Waals surface area contributed by atoms with Gasteiger partial charge in [0, 0.05) is 23.1 Å². The minimum Gasteiger partial charge on any atom is -0.318 e. The third-order valence-electron chi connectivity index (χ3n) is 5.60. The van der Waals surface area contributed by atoms with E-state index in [2.05, 4.69) is 47.9 Å². The van der Waals surface area contributed by atoms with Crippen LogP contribution in [0.5, 0.6) is 0 Å². The number of rotatable bonds is 4. The largest absolute Gasteiger partial charge is 0.318 e. The predicted molar refractivity (Wildman–Crippen MR) is 120 cm³/mol. The van der Waals surface area contributed by atoms with Crippen LogP contribution in [0.2, 0.25) is 0 Å². The van der Waals surface area contributed by atoms with Gasteiger partial charge in [0.25, 0.3) is 11.1 Å². The lowest BCUT2D eigenvalue weighted by atomic mass is 10.1. The lowest BCUT2D eigenvalue weighted by Gasteiger charge is -2.19. The summed E-state index contributed by atoms with van der Waals surface area (Å²) < 4.78 is 2.19. The number of hydrogen-bond donors (Lipinski definition) is 0. The molecule has 4 rings (SSSR count). The fourth-order valence-electron chi connectivity index (χ4n) is 3.83. The number of hydrogen-bond acceptors (Lipinski definition) is 3. The summed E-state index contributed by atoms with van der Waals surface area (Å²) >= 11 is 1.03. The first-order chi connectivity index (χ1) is 13.9. The highest BCUT2D eigenvalue weighted by atomic mass is 32.2. The molecule has 1 aliphatic heterocycles. The van der Waals surface area contributed by atoms with Crippen molar-refractivity contribution in [2.75, 3.05) is 0 Å². The summed E-state index contributed by atoms with van der Waals surface area (Å²) in [5.41, 5.74) is 4.19. The van der Waals surface area contributed by atoms with Gasteiger partial charge in [0.05, 0.1) is 4.91 Å². The number of aromatic nitrogens is 1. The molecule has 0 unspecified atom stereocenters. The Kier molecular flexibility index (Phi) is 5.09. The Labute approximate surface area is 175 Å². The third kappa shape index (κ3) is 3.40. The highest BCUT2D eigenvalue weighted by molar-refractivity contribution is 8.18. The van der Waals surface area contributed by atoms with Crippen molar-refractivity contribution in [3.8, 4) is 5.69 Å². The fourth-order valence-corrected chi connectivity index (χ4v) is 4.75. The molecule has 1 atom stereocenters. The zero-order chi connectivity index (χ0) is 20.7. The minimum atomic E-state index is -0.190. The molecule has 5 heteroatoms. The molecule has 0 bridgehead atoms. The Morgan fingerprint density at radius 2 is 1.76 bits per heavy atom. The van der Waals surface area contributed by atoms with E-state index in [4.69, 9.17) is 0 Å². The van der Waals surface area contributed by atoms with Gasteiger partial charge in [-0.25, -0.2) is 0 Å². The molecule has 2 heterocycles. The van der Waals surface area contributed by atoms with Gasteiger partial charge in [0.2, 0.25) is 0 Å². The topological polar surface area (TPSA) is 42.3 Å². The summed E-state index contributed by atoms with van der Waals surface area (Å²) in [4.78, 5) is 26.9. The van der Waals surface area contributed by atoms with Gasteiger partial charge in [0.1, 0.15) is 0 Å². The molecule has 2 aromatic carbocycles. The second-order valence-corrected chi connectivity index (χ2v) is 8.50. The second-order valence-electron chi connectivity index (χ2n) is 7.50. The van der Waals surface area contributed by atoms with Gasteiger partial charge >= 0.3 is 0 Å². The van der Waals surface area contributed by atoms with Crippen LogP contribution in [0.3, 0.4) is 0 Å². The van der Waals surface area contributed by atoms with Gasteiger partial charge in [-0.1, -0.05) is 37.3 Å². The number of carbonyl (C=O) groups is 2. The molecule has 0 spiro atoms. The number of thioether (sulfide) groups is 1. The Morgan fingerprint density at radius 1 is 1.03 bits per heavy atom. The fraction of sp³-hybridized carbons (Fsp3) is 0.250. The van der Waals surface area contributed by atoms with Crippen molar-refractivity contribution in [1.82, 2.24) is 9.47 Å². The average Bonchev–Trinajstić information content (AvgIpc) is 3.15. The van der Waals surface area contributed by atoms with Crippen LogP contribution in [0.4, 0.5) is 4.79 Å². The Hall–Kier alpha value is -2.79. The molecule has 1 aliphatic rings. The summed E-state index contributed by atoms with van der Waals surface area (Å²) in [6.07, 6.45) is 2.61. The number of benzene rings is 2. The van der Waals surface area contributed by atoms with Gasteiger partial charge in [-0.05, 0) is 79.6 Å². The van der Waals surface area contributed by atoms with Crippen molar-refractivity contribution in [3.63, 3.8) is 0 Å². The maximum Gasteiger partial charge on any atom is 0.293 e. The molecule has 1 aromatic heterocycles. The monoisotopic (exact) mass is 404 g/mol. The summed E-state index contributed by atoms with van der Waals surface area (Å²) in [5.74, 6) is -0.190. The molecule has 0 saturated carbocycles. The van der Waals surface area contributed by atoms with Crippen molar-refractivity contribution in [3.05, 3.63) is 70.4 Å². The van der Waals surface area contributed by atoms with Crippen LogP contribution in [0, 0.1) is 13.8 Å². The van der Waals surface area contributed by atoms with E-state index in [1.165, 1.54) is 15.7 Å². The number of imide groups is 1. The molecule has 3 aromatic rings. The quantitative estimate of drug-likeness (QED) is 0.495. The number of nitrogens with zero attached hydrogens (tertiary/aromatic N) is 2. The van der Waals surface area contributed by atoms with E-state index in [1.807, 2.05) is 39.0 Å². The van der Waals surface area contributed by atoms with Gasteiger partial charge < -0.3 is 4.57 Å². The van der Waals surface area contributed by atoms with Crippen LogP contribution >= 0.6 is 11.8 Å². The minimum absolute atomic E-state index is 0.0848. The van der Waals surface area contributed by atoms with E-state index < -0.39 is 0 Å². The number of fused-ring (bicyclic) bond motifs is 1. The molecule has 1 saturated heterocycles.